The molecule has 4 heteroatoms. The molecule has 0 saturated carbocycles. The summed E-state index contributed by atoms with van der Waals surface area (Å²) in [7, 11) is 0. The van der Waals surface area contributed by atoms with Crippen molar-refractivity contribution in [3.05, 3.63) is 85.0 Å². The number of benzene rings is 2. The molecular formula is C20H18O4. The van der Waals surface area contributed by atoms with Crippen LogP contribution >= 0.6 is 0 Å². The Kier molecular flexibility index (Phi) is 6.08. The van der Waals surface area contributed by atoms with Crippen molar-refractivity contribution in [3.8, 4) is 11.1 Å². The minimum Gasteiger partial charge on any atom is -0.458 e. The van der Waals surface area contributed by atoms with Crippen molar-refractivity contribution in [1.82, 2.24) is 0 Å². The molecule has 0 fully saturated rings. The lowest BCUT2D eigenvalue weighted by molar-refractivity contribution is 0.0540. The standard InChI is InChI=1S/C20H18O4/c1-3-13-23-19(21)17-9-5-15(6-10-17)16-7-11-18(12-8-16)20(22)24-14-4-2/h3-12H,1-2,13-14H2. The molecule has 2 aromatic carbocycles. The number of hydrogen-bond donors (Lipinski definition) is 0. The average Bonchev–Trinajstić information content (AvgIpc) is 2.64. The highest BCUT2D eigenvalue weighted by atomic mass is 16.5. The number of esters is 2. The fraction of sp³-hybridized carbons (Fsp3) is 0.100. The summed E-state index contributed by atoms with van der Waals surface area (Å²) < 4.78 is 9.96. The summed E-state index contributed by atoms with van der Waals surface area (Å²) in [6.45, 7) is 7.37. The Morgan fingerprint density at radius 1 is 0.708 bits per heavy atom. The number of carbonyl (C=O) groups excluding carboxylic acids is 2. The maximum atomic E-state index is 11.7. The molecule has 0 aliphatic heterocycles. The van der Waals surface area contributed by atoms with Crippen LogP contribution in [0, 0.1) is 0 Å². The van der Waals surface area contributed by atoms with E-state index in [1.807, 2.05) is 24.3 Å². The Morgan fingerprint density at radius 2 is 1.04 bits per heavy atom. The first-order chi connectivity index (χ1) is 11.7. The molecule has 2 aromatic rings. The summed E-state index contributed by atoms with van der Waals surface area (Å²) in [4.78, 5) is 23.5. The van der Waals surface area contributed by atoms with Gasteiger partial charge in [0.2, 0.25) is 0 Å². The van der Waals surface area contributed by atoms with Crippen LogP contribution in [0.2, 0.25) is 0 Å². The Labute approximate surface area is 141 Å². The summed E-state index contributed by atoms with van der Waals surface area (Å²) in [6, 6.07) is 14.1. The van der Waals surface area contributed by atoms with Gasteiger partial charge in [-0.25, -0.2) is 9.59 Å². The predicted molar refractivity (Wildman–Crippen MR) is 92.8 cm³/mol. The molecule has 122 valence electrons. The van der Waals surface area contributed by atoms with Gasteiger partial charge in [0, 0.05) is 0 Å². The molecule has 0 N–H and O–H groups in total. The summed E-state index contributed by atoms with van der Waals surface area (Å²) in [5.74, 6) is -0.775. The van der Waals surface area contributed by atoms with Crippen molar-refractivity contribution in [1.29, 1.82) is 0 Å². The van der Waals surface area contributed by atoms with Crippen molar-refractivity contribution < 1.29 is 19.1 Å². The van der Waals surface area contributed by atoms with Gasteiger partial charge in [0.15, 0.2) is 0 Å². The monoisotopic (exact) mass is 322 g/mol. The molecule has 0 saturated heterocycles. The zero-order chi connectivity index (χ0) is 17.4. The lowest BCUT2D eigenvalue weighted by atomic mass is 10.0. The third-order valence-corrected chi connectivity index (χ3v) is 3.24. The van der Waals surface area contributed by atoms with E-state index in [-0.39, 0.29) is 25.2 Å². The molecule has 24 heavy (non-hydrogen) atoms. The highest BCUT2D eigenvalue weighted by Crippen LogP contribution is 2.21. The van der Waals surface area contributed by atoms with Crippen LogP contribution < -0.4 is 0 Å². The van der Waals surface area contributed by atoms with Crippen molar-refractivity contribution in [2.24, 2.45) is 0 Å². The second-order valence-corrected chi connectivity index (χ2v) is 4.93. The van der Waals surface area contributed by atoms with E-state index >= 15 is 0 Å². The van der Waals surface area contributed by atoms with Gasteiger partial charge < -0.3 is 9.47 Å². The largest absolute Gasteiger partial charge is 0.458 e. The first-order valence-corrected chi connectivity index (χ1v) is 7.42. The number of ether oxygens (including phenoxy) is 2. The number of carbonyl (C=O) groups is 2. The maximum Gasteiger partial charge on any atom is 0.338 e. The van der Waals surface area contributed by atoms with Crippen LogP contribution in [-0.2, 0) is 9.47 Å². The van der Waals surface area contributed by atoms with Gasteiger partial charge >= 0.3 is 11.9 Å². The maximum absolute atomic E-state index is 11.7. The van der Waals surface area contributed by atoms with Crippen molar-refractivity contribution in [2.45, 2.75) is 0 Å². The van der Waals surface area contributed by atoms with Crippen LogP contribution in [0.15, 0.2) is 73.8 Å². The summed E-state index contributed by atoms with van der Waals surface area (Å²) in [5, 5.41) is 0. The molecule has 4 nitrogen and oxygen atoms in total. The van der Waals surface area contributed by atoms with Crippen LogP contribution in [0.1, 0.15) is 20.7 Å². The first-order valence-electron chi connectivity index (χ1n) is 7.42. The van der Waals surface area contributed by atoms with Gasteiger partial charge in [0.25, 0.3) is 0 Å². The molecule has 0 aromatic heterocycles. The van der Waals surface area contributed by atoms with Gasteiger partial charge in [-0.15, -0.1) is 0 Å². The van der Waals surface area contributed by atoms with Crippen molar-refractivity contribution in [3.63, 3.8) is 0 Å². The highest BCUT2D eigenvalue weighted by molar-refractivity contribution is 5.91. The number of hydrogen-bond acceptors (Lipinski definition) is 4. The highest BCUT2D eigenvalue weighted by Gasteiger charge is 2.08. The Balaban J connectivity index is 2.09. The normalized spacial score (nSPS) is 9.83. The third kappa shape index (κ3) is 4.43. The topological polar surface area (TPSA) is 52.6 Å². The van der Waals surface area contributed by atoms with E-state index in [4.69, 9.17) is 9.47 Å². The van der Waals surface area contributed by atoms with Crippen molar-refractivity contribution >= 4 is 11.9 Å². The van der Waals surface area contributed by atoms with Gasteiger partial charge in [-0.1, -0.05) is 49.6 Å². The fourth-order valence-electron chi connectivity index (χ4n) is 2.03. The van der Waals surface area contributed by atoms with Gasteiger partial charge in [0.05, 0.1) is 11.1 Å². The minimum atomic E-state index is -0.387. The predicted octanol–water partition coefficient (Wildman–Crippen LogP) is 4.04. The quantitative estimate of drug-likeness (QED) is 0.570. The summed E-state index contributed by atoms with van der Waals surface area (Å²) in [6.07, 6.45) is 3.04. The molecule has 0 radical (unpaired) electrons. The smallest absolute Gasteiger partial charge is 0.338 e. The van der Waals surface area contributed by atoms with E-state index in [1.165, 1.54) is 12.2 Å². The second-order valence-electron chi connectivity index (χ2n) is 4.93. The third-order valence-electron chi connectivity index (χ3n) is 3.24. The van der Waals surface area contributed by atoms with Crippen molar-refractivity contribution in [2.75, 3.05) is 13.2 Å². The molecular weight excluding hydrogens is 304 g/mol. The Hall–Kier alpha value is -3.14. The lowest BCUT2D eigenvalue weighted by Crippen LogP contribution is -2.05. The van der Waals surface area contributed by atoms with Crippen LogP contribution in [0.4, 0.5) is 0 Å². The molecule has 2 rings (SSSR count). The zero-order valence-corrected chi connectivity index (χ0v) is 13.2. The molecule has 0 unspecified atom stereocenters. The van der Waals surface area contributed by atoms with Crippen LogP contribution in [-0.4, -0.2) is 25.2 Å². The molecule has 0 aliphatic rings. The molecule has 0 bridgehead atoms. The SMILES string of the molecule is C=CCOC(=O)c1ccc(-c2ccc(C(=O)OCC=C)cc2)cc1. The van der Waals surface area contributed by atoms with Crippen LogP contribution in [0.25, 0.3) is 11.1 Å². The Morgan fingerprint density at radius 3 is 1.33 bits per heavy atom. The van der Waals surface area contributed by atoms with Gasteiger partial charge in [-0.3, -0.25) is 0 Å². The minimum absolute atomic E-state index is 0.185. The molecule has 0 atom stereocenters. The van der Waals surface area contributed by atoms with E-state index < -0.39 is 0 Å². The van der Waals surface area contributed by atoms with Crippen LogP contribution in [0.5, 0.6) is 0 Å². The molecule has 0 spiro atoms. The molecule has 0 heterocycles. The van der Waals surface area contributed by atoms with Gasteiger partial charge in [-0.2, -0.15) is 0 Å². The second kappa shape index (κ2) is 8.48. The summed E-state index contributed by atoms with van der Waals surface area (Å²) in [5.41, 5.74) is 2.82. The van der Waals surface area contributed by atoms with Crippen LogP contribution in [0.3, 0.4) is 0 Å². The fourth-order valence-corrected chi connectivity index (χ4v) is 2.03. The Bertz CT molecular complexity index is 662. The molecule has 0 amide bonds. The summed E-state index contributed by atoms with van der Waals surface area (Å²) >= 11 is 0. The van der Waals surface area contributed by atoms with Gasteiger partial charge in [-0.05, 0) is 35.4 Å². The van der Waals surface area contributed by atoms with Gasteiger partial charge in [0.1, 0.15) is 13.2 Å². The first kappa shape index (κ1) is 17.2. The number of rotatable bonds is 7. The van der Waals surface area contributed by atoms with E-state index in [1.54, 1.807) is 24.3 Å². The van der Waals surface area contributed by atoms with E-state index in [0.717, 1.165) is 11.1 Å². The molecule has 0 aliphatic carbocycles. The lowest BCUT2D eigenvalue weighted by Gasteiger charge is -2.06. The zero-order valence-electron chi connectivity index (χ0n) is 13.2. The van der Waals surface area contributed by atoms with E-state index in [2.05, 4.69) is 13.2 Å². The van der Waals surface area contributed by atoms with E-state index in [9.17, 15) is 9.59 Å². The average molecular weight is 322 g/mol. The van der Waals surface area contributed by atoms with E-state index in [0.29, 0.717) is 11.1 Å².